The van der Waals surface area contributed by atoms with Crippen molar-refractivity contribution in [3.05, 3.63) is 12.7 Å². The van der Waals surface area contributed by atoms with Gasteiger partial charge in [0.15, 0.2) is 17.7 Å². The lowest BCUT2D eigenvalue weighted by molar-refractivity contribution is -0.224. The van der Waals surface area contributed by atoms with Crippen molar-refractivity contribution in [2.24, 2.45) is 0 Å². The highest BCUT2D eigenvalue weighted by atomic mass is 28.5. The molecule has 1 spiro atoms. The zero-order valence-electron chi connectivity index (χ0n) is 22.7. The maximum Gasteiger partial charge on any atom is 0.335 e. The van der Waals surface area contributed by atoms with Gasteiger partial charge in [-0.25, -0.2) is 15.0 Å². The van der Waals surface area contributed by atoms with Crippen LogP contribution in [0.2, 0.25) is 22.2 Å². The first-order valence-electron chi connectivity index (χ1n) is 13.2. The summed E-state index contributed by atoms with van der Waals surface area (Å²) in [4.78, 5) is 13.1. The summed E-state index contributed by atoms with van der Waals surface area (Å²) in [7, 11) is -5.47. The third-order valence-electron chi connectivity index (χ3n) is 8.37. The minimum atomic E-state index is -2.81. The van der Waals surface area contributed by atoms with Crippen LogP contribution in [0, 0.1) is 0 Å². The Bertz CT molecular complexity index is 1090. The Labute approximate surface area is 215 Å². The van der Waals surface area contributed by atoms with Crippen molar-refractivity contribution < 1.29 is 22.4 Å². The molecule has 0 aliphatic carbocycles. The summed E-state index contributed by atoms with van der Waals surface area (Å²) < 4.78 is 36.7. The van der Waals surface area contributed by atoms with Crippen molar-refractivity contribution in [3.63, 3.8) is 0 Å². The number of nitrogen functional groups attached to an aromatic ring is 1. The second-order valence-electron chi connectivity index (χ2n) is 11.7. The maximum absolute atomic E-state index is 7.36. The molecule has 5 rings (SSSR count). The van der Waals surface area contributed by atoms with E-state index in [-0.39, 0.29) is 34.4 Å². The van der Waals surface area contributed by atoms with Crippen molar-refractivity contribution in [1.29, 1.82) is 0 Å². The monoisotopic (exact) mass is 535 g/mol. The number of aromatic nitrogens is 4. The summed E-state index contributed by atoms with van der Waals surface area (Å²) in [6, 6.07) is 0. The number of nitrogens with two attached hydrogens (primary N) is 1. The van der Waals surface area contributed by atoms with Crippen LogP contribution in [0.15, 0.2) is 12.7 Å². The van der Waals surface area contributed by atoms with Gasteiger partial charge in [0.05, 0.1) is 19.5 Å². The quantitative estimate of drug-likeness (QED) is 0.555. The van der Waals surface area contributed by atoms with Gasteiger partial charge < -0.3 is 28.2 Å². The van der Waals surface area contributed by atoms with Crippen LogP contribution >= 0.6 is 0 Å². The predicted molar refractivity (Wildman–Crippen MR) is 141 cm³/mol. The van der Waals surface area contributed by atoms with Gasteiger partial charge in [-0.1, -0.05) is 55.4 Å². The molecule has 0 unspecified atom stereocenters. The lowest BCUT2D eigenvalue weighted by atomic mass is 9.86. The molecule has 2 N–H and O–H groups in total. The minimum absolute atomic E-state index is 0.224. The van der Waals surface area contributed by atoms with Crippen LogP contribution in [-0.2, 0) is 22.4 Å². The standard InChI is InChI=1S/C24H41N5O5Si2/c1-14(2)35(15(3)4)31-11-18-20(33-36(34-35,16(5)6)17(7)8)24(9-10-30-24)23(32-18)29-13-28-19-21(25)26-12-27-22(19)29/h12-18,20,23H,9-11H2,1-8H3,(H2,25,26,27)/t18-,20-,23-,24+/m1/s1. The van der Waals surface area contributed by atoms with Gasteiger partial charge in [-0.2, -0.15) is 0 Å². The van der Waals surface area contributed by atoms with Crippen molar-refractivity contribution in [1.82, 2.24) is 19.5 Å². The Morgan fingerprint density at radius 1 is 0.972 bits per heavy atom. The number of nitrogens with zero attached hydrogens (tertiary/aromatic N) is 4. The van der Waals surface area contributed by atoms with E-state index < -0.39 is 29.0 Å². The van der Waals surface area contributed by atoms with Gasteiger partial charge in [-0.3, -0.25) is 4.57 Å². The van der Waals surface area contributed by atoms with Crippen LogP contribution < -0.4 is 5.73 Å². The predicted octanol–water partition coefficient (Wildman–Crippen LogP) is 4.42. The molecule has 3 aliphatic rings. The summed E-state index contributed by atoms with van der Waals surface area (Å²) in [6.07, 6.45) is 2.88. The minimum Gasteiger partial charge on any atom is -0.414 e. The highest BCUT2D eigenvalue weighted by Crippen LogP contribution is 2.55. The Morgan fingerprint density at radius 2 is 1.61 bits per heavy atom. The second kappa shape index (κ2) is 9.10. The molecule has 200 valence electrons. The van der Waals surface area contributed by atoms with Crippen LogP contribution in [0.1, 0.15) is 68.0 Å². The third-order valence-corrected chi connectivity index (χ3v) is 18.6. The van der Waals surface area contributed by atoms with E-state index in [1.165, 1.54) is 6.33 Å². The number of imidazole rings is 1. The van der Waals surface area contributed by atoms with E-state index in [2.05, 4.69) is 70.3 Å². The fourth-order valence-electron chi connectivity index (χ4n) is 6.33. The van der Waals surface area contributed by atoms with E-state index in [1.807, 2.05) is 4.57 Å². The summed E-state index contributed by atoms with van der Waals surface area (Å²) >= 11 is 0. The van der Waals surface area contributed by atoms with Gasteiger partial charge in [0, 0.05) is 6.42 Å². The highest BCUT2D eigenvalue weighted by molar-refractivity contribution is 6.84. The molecule has 3 fully saturated rings. The molecule has 4 atom stereocenters. The smallest absolute Gasteiger partial charge is 0.335 e. The van der Waals surface area contributed by atoms with Gasteiger partial charge in [0.25, 0.3) is 0 Å². The molecule has 2 aromatic rings. The van der Waals surface area contributed by atoms with E-state index in [4.69, 9.17) is 28.2 Å². The molecule has 36 heavy (non-hydrogen) atoms. The molecular formula is C24H41N5O5Si2. The van der Waals surface area contributed by atoms with E-state index in [0.29, 0.717) is 30.2 Å². The van der Waals surface area contributed by atoms with E-state index >= 15 is 0 Å². The molecule has 0 aromatic carbocycles. The lowest BCUT2D eigenvalue weighted by Crippen LogP contribution is -2.68. The van der Waals surface area contributed by atoms with Crippen LogP contribution in [0.3, 0.4) is 0 Å². The number of anilines is 1. The summed E-state index contributed by atoms with van der Waals surface area (Å²) in [5.74, 6) is 0.343. The number of ether oxygens (including phenoxy) is 2. The first-order valence-corrected chi connectivity index (χ1v) is 17.2. The zero-order valence-corrected chi connectivity index (χ0v) is 24.7. The Hall–Kier alpha value is -1.42. The van der Waals surface area contributed by atoms with E-state index in [0.717, 1.165) is 6.42 Å². The molecule has 5 heterocycles. The van der Waals surface area contributed by atoms with Crippen molar-refractivity contribution >= 4 is 34.1 Å². The van der Waals surface area contributed by atoms with Gasteiger partial charge in [0.1, 0.15) is 29.7 Å². The number of rotatable bonds is 5. The fraction of sp³-hybridized carbons (Fsp3) is 0.792. The Kier molecular flexibility index (Phi) is 6.63. The largest absolute Gasteiger partial charge is 0.414 e. The van der Waals surface area contributed by atoms with Gasteiger partial charge in [-0.15, -0.1) is 0 Å². The molecule has 0 saturated carbocycles. The first kappa shape index (κ1) is 26.2. The van der Waals surface area contributed by atoms with Crippen LogP contribution in [0.5, 0.6) is 0 Å². The number of hydrogen-bond donors (Lipinski definition) is 1. The molecular weight excluding hydrogens is 494 g/mol. The Morgan fingerprint density at radius 3 is 2.17 bits per heavy atom. The lowest BCUT2D eigenvalue weighted by Gasteiger charge is -2.54. The highest BCUT2D eigenvalue weighted by Gasteiger charge is 2.68. The molecule has 3 saturated heterocycles. The molecule has 2 aromatic heterocycles. The first-order chi connectivity index (χ1) is 17.0. The molecule has 12 heteroatoms. The zero-order chi connectivity index (χ0) is 26.0. The molecule has 10 nitrogen and oxygen atoms in total. The summed E-state index contributed by atoms with van der Waals surface area (Å²) in [5, 5.41) is 0. The van der Waals surface area contributed by atoms with Gasteiger partial charge in [0.2, 0.25) is 0 Å². The third kappa shape index (κ3) is 3.63. The van der Waals surface area contributed by atoms with Crippen LogP contribution in [0.25, 0.3) is 11.2 Å². The maximum atomic E-state index is 7.36. The Balaban J connectivity index is 1.62. The van der Waals surface area contributed by atoms with E-state index in [1.54, 1.807) is 6.33 Å². The van der Waals surface area contributed by atoms with Crippen LogP contribution in [0.4, 0.5) is 5.82 Å². The number of fused-ring (bicyclic) bond motifs is 3. The fourth-order valence-corrected chi connectivity index (χ4v) is 17.6. The molecule has 0 bridgehead atoms. The van der Waals surface area contributed by atoms with E-state index in [9.17, 15) is 0 Å². The van der Waals surface area contributed by atoms with Crippen molar-refractivity contribution in [2.75, 3.05) is 18.9 Å². The SMILES string of the molecule is CC(C)[Si]1(C(C)C)OC[C@H]2O[C@@H](n3cnc4c(N)ncnc43)[C@]3(CCO3)[C@@H]2O[Si](C(C)C)(C(C)C)O1. The molecule has 0 amide bonds. The number of hydrogen-bond acceptors (Lipinski definition) is 9. The summed E-state index contributed by atoms with van der Waals surface area (Å²) in [5.41, 5.74) is 7.57. The summed E-state index contributed by atoms with van der Waals surface area (Å²) in [6.45, 7) is 18.9. The van der Waals surface area contributed by atoms with Crippen molar-refractivity contribution in [3.8, 4) is 0 Å². The van der Waals surface area contributed by atoms with Crippen molar-refractivity contribution in [2.45, 2.75) is 108 Å². The normalized spacial score (nSPS) is 31.8. The van der Waals surface area contributed by atoms with Gasteiger partial charge >= 0.3 is 17.1 Å². The topological polar surface area (TPSA) is 116 Å². The van der Waals surface area contributed by atoms with Crippen LogP contribution in [-0.4, -0.2) is 67.7 Å². The second-order valence-corrected chi connectivity index (χ2v) is 20.5. The average Bonchev–Trinajstić information content (AvgIpc) is 3.32. The van der Waals surface area contributed by atoms with Gasteiger partial charge in [-0.05, 0) is 22.2 Å². The molecule has 3 aliphatic heterocycles. The molecule has 0 radical (unpaired) electrons. The average molecular weight is 536 g/mol.